The molecule has 1 aromatic rings. The number of aromatic nitrogens is 1. The van der Waals surface area contributed by atoms with Crippen LogP contribution in [0.1, 0.15) is 26.2 Å². The molecule has 0 spiro atoms. The Morgan fingerprint density at radius 2 is 2.33 bits per heavy atom. The van der Waals surface area contributed by atoms with Gasteiger partial charge in [-0.25, -0.2) is 17.8 Å². The van der Waals surface area contributed by atoms with Crippen LogP contribution in [0.2, 0.25) is 0 Å². The fourth-order valence-electron chi connectivity index (χ4n) is 2.34. The molecule has 1 atom stereocenters. The number of hydrogen-bond donors (Lipinski definition) is 0. The lowest BCUT2D eigenvalue weighted by atomic mass is 10.0. The summed E-state index contributed by atoms with van der Waals surface area (Å²) in [6.45, 7) is 3.02. The summed E-state index contributed by atoms with van der Waals surface area (Å²) in [5.74, 6) is -0.395. The highest BCUT2D eigenvalue weighted by Gasteiger charge is 2.34. The van der Waals surface area contributed by atoms with Gasteiger partial charge in [0.1, 0.15) is 0 Å². The third-order valence-corrected chi connectivity index (χ3v) is 5.06. The number of nitrogens with zero attached hydrogens (tertiary/aromatic N) is 2. The Morgan fingerprint density at radius 3 is 3.00 bits per heavy atom. The first kappa shape index (κ1) is 13.4. The molecular weight excluding hydrogens is 255 g/mol. The maximum Gasteiger partial charge on any atom is 0.263 e. The number of pyridine rings is 1. The van der Waals surface area contributed by atoms with Crippen LogP contribution in [0.3, 0.4) is 0 Å². The first-order valence-electron chi connectivity index (χ1n) is 6.16. The van der Waals surface area contributed by atoms with Crippen LogP contribution < -0.4 is 0 Å². The second-order valence-corrected chi connectivity index (χ2v) is 6.45. The number of sulfonamides is 1. The minimum Gasteiger partial charge on any atom is -0.241 e. The van der Waals surface area contributed by atoms with Crippen LogP contribution >= 0.6 is 0 Å². The first-order chi connectivity index (χ1) is 8.55. The van der Waals surface area contributed by atoms with Gasteiger partial charge in [-0.1, -0.05) is 13.3 Å². The summed E-state index contributed by atoms with van der Waals surface area (Å²) < 4.78 is 39.3. The average molecular weight is 272 g/mol. The topological polar surface area (TPSA) is 50.3 Å². The third kappa shape index (κ3) is 2.54. The van der Waals surface area contributed by atoms with Crippen molar-refractivity contribution in [2.24, 2.45) is 5.92 Å². The number of halogens is 1. The monoisotopic (exact) mass is 272 g/mol. The molecule has 1 unspecified atom stereocenters. The van der Waals surface area contributed by atoms with Gasteiger partial charge in [0, 0.05) is 19.3 Å². The standard InChI is InChI=1S/C12H17FN2O2S/c1-2-4-10-6-8-15(9-10)18(16,17)12-11(13)5-3-7-14-12/h3,5,7,10H,2,4,6,8-9H2,1H3. The maximum absolute atomic E-state index is 13.5. The summed E-state index contributed by atoms with van der Waals surface area (Å²) in [6, 6.07) is 2.51. The van der Waals surface area contributed by atoms with Gasteiger partial charge in [0.2, 0.25) is 5.03 Å². The van der Waals surface area contributed by atoms with Crippen molar-refractivity contribution in [1.29, 1.82) is 0 Å². The van der Waals surface area contributed by atoms with E-state index >= 15 is 0 Å². The molecule has 0 aliphatic carbocycles. The Morgan fingerprint density at radius 1 is 1.56 bits per heavy atom. The lowest BCUT2D eigenvalue weighted by Gasteiger charge is -2.16. The van der Waals surface area contributed by atoms with E-state index in [1.165, 1.54) is 16.6 Å². The van der Waals surface area contributed by atoms with Crippen LogP contribution in [0.5, 0.6) is 0 Å². The molecule has 0 N–H and O–H groups in total. The second kappa shape index (κ2) is 5.32. The van der Waals surface area contributed by atoms with E-state index in [-0.39, 0.29) is 0 Å². The molecule has 0 aromatic carbocycles. The maximum atomic E-state index is 13.5. The van der Waals surface area contributed by atoms with E-state index in [1.54, 1.807) is 0 Å². The van der Waals surface area contributed by atoms with Gasteiger partial charge in [0.05, 0.1) is 0 Å². The molecule has 100 valence electrons. The highest BCUT2D eigenvalue weighted by atomic mass is 32.2. The van der Waals surface area contributed by atoms with E-state index in [1.807, 2.05) is 0 Å². The van der Waals surface area contributed by atoms with Gasteiger partial charge >= 0.3 is 0 Å². The van der Waals surface area contributed by atoms with E-state index in [0.717, 1.165) is 25.3 Å². The van der Waals surface area contributed by atoms with Gasteiger partial charge in [-0.05, 0) is 30.9 Å². The summed E-state index contributed by atoms with van der Waals surface area (Å²) in [4.78, 5) is 3.66. The second-order valence-electron chi connectivity index (χ2n) is 4.60. The summed E-state index contributed by atoms with van der Waals surface area (Å²) >= 11 is 0. The van der Waals surface area contributed by atoms with E-state index in [2.05, 4.69) is 11.9 Å². The molecule has 1 aliphatic heterocycles. The van der Waals surface area contributed by atoms with Gasteiger partial charge in [-0.2, -0.15) is 4.31 Å². The molecule has 1 fully saturated rings. The van der Waals surface area contributed by atoms with Crippen molar-refractivity contribution in [3.63, 3.8) is 0 Å². The van der Waals surface area contributed by atoms with Crippen molar-refractivity contribution < 1.29 is 12.8 Å². The third-order valence-electron chi connectivity index (χ3n) is 3.25. The molecule has 0 saturated carbocycles. The molecule has 1 aliphatic rings. The highest BCUT2D eigenvalue weighted by Crippen LogP contribution is 2.26. The molecule has 2 heterocycles. The Kier molecular flexibility index (Phi) is 3.97. The summed E-state index contributed by atoms with van der Waals surface area (Å²) in [5, 5.41) is -0.456. The zero-order valence-corrected chi connectivity index (χ0v) is 11.2. The zero-order chi connectivity index (χ0) is 13.2. The normalized spacial score (nSPS) is 21.3. The SMILES string of the molecule is CCCC1CCN(S(=O)(=O)c2ncccc2F)C1. The van der Waals surface area contributed by atoms with E-state index < -0.39 is 20.9 Å². The van der Waals surface area contributed by atoms with Gasteiger partial charge in [-0.3, -0.25) is 0 Å². The van der Waals surface area contributed by atoms with Crippen molar-refractivity contribution in [2.75, 3.05) is 13.1 Å². The van der Waals surface area contributed by atoms with Gasteiger partial charge in [0.25, 0.3) is 10.0 Å². The van der Waals surface area contributed by atoms with Crippen LogP contribution in [0, 0.1) is 11.7 Å². The molecule has 18 heavy (non-hydrogen) atoms. The summed E-state index contributed by atoms with van der Waals surface area (Å²) in [6.07, 6.45) is 4.20. The van der Waals surface area contributed by atoms with Gasteiger partial charge in [0.15, 0.2) is 5.82 Å². The number of hydrogen-bond acceptors (Lipinski definition) is 3. The molecule has 1 saturated heterocycles. The first-order valence-corrected chi connectivity index (χ1v) is 7.60. The molecular formula is C12H17FN2O2S. The molecule has 0 amide bonds. The Hall–Kier alpha value is -1.01. The van der Waals surface area contributed by atoms with E-state index in [0.29, 0.717) is 19.0 Å². The minimum atomic E-state index is -3.77. The van der Waals surface area contributed by atoms with Gasteiger partial charge < -0.3 is 0 Å². The van der Waals surface area contributed by atoms with Crippen molar-refractivity contribution in [2.45, 2.75) is 31.2 Å². The molecule has 0 radical (unpaired) electrons. The summed E-state index contributed by atoms with van der Waals surface area (Å²) in [5.41, 5.74) is 0. The van der Waals surface area contributed by atoms with Crippen molar-refractivity contribution in [3.8, 4) is 0 Å². The predicted octanol–water partition coefficient (Wildman–Crippen LogP) is 2.03. The Bertz CT molecular complexity index is 519. The zero-order valence-electron chi connectivity index (χ0n) is 10.3. The van der Waals surface area contributed by atoms with E-state index in [4.69, 9.17) is 0 Å². The smallest absolute Gasteiger partial charge is 0.241 e. The lowest BCUT2D eigenvalue weighted by Crippen LogP contribution is -2.30. The predicted molar refractivity (Wildman–Crippen MR) is 66.0 cm³/mol. The van der Waals surface area contributed by atoms with Crippen LogP contribution in [0.15, 0.2) is 23.4 Å². The van der Waals surface area contributed by atoms with Gasteiger partial charge in [-0.15, -0.1) is 0 Å². The fraction of sp³-hybridized carbons (Fsp3) is 0.583. The van der Waals surface area contributed by atoms with Crippen LogP contribution in [-0.2, 0) is 10.0 Å². The fourth-order valence-corrected chi connectivity index (χ4v) is 3.85. The van der Waals surface area contributed by atoms with E-state index in [9.17, 15) is 12.8 Å². The molecule has 4 nitrogen and oxygen atoms in total. The van der Waals surface area contributed by atoms with Crippen LogP contribution in [0.4, 0.5) is 4.39 Å². The van der Waals surface area contributed by atoms with Crippen molar-refractivity contribution >= 4 is 10.0 Å². The van der Waals surface area contributed by atoms with Crippen LogP contribution in [0.25, 0.3) is 0 Å². The minimum absolute atomic E-state index is 0.386. The Labute approximate surface area is 107 Å². The molecule has 6 heteroatoms. The summed E-state index contributed by atoms with van der Waals surface area (Å²) in [7, 11) is -3.77. The molecule has 1 aromatic heterocycles. The highest BCUT2D eigenvalue weighted by molar-refractivity contribution is 7.89. The number of rotatable bonds is 4. The average Bonchev–Trinajstić information content (AvgIpc) is 2.79. The Balaban J connectivity index is 2.21. The van der Waals surface area contributed by atoms with Crippen molar-refractivity contribution in [1.82, 2.24) is 9.29 Å². The van der Waals surface area contributed by atoms with Crippen LogP contribution in [-0.4, -0.2) is 30.8 Å². The largest absolute Gasteiger partial charge is 0.263 e. The quantitative estimate of drug-likeness (QED) is 0.842. The molecule has 2 rings (SSSR count). The molecule has 0 bridgehead atoms. The lowest BCUT2D eigenvalue weighted by molar-refractivity contribution is 0.437. The van der Waals surface area contributed by atoms with Crippen molar-refractivity contribution in [3.05, 3.63) is 24.1 Å².